The molecule has 0 aliphatic carbocycles. The molecule has 1 unspecified atom stereocenters. The zero-order valence-electron chi connectivity index (χ0n) is 10.6. The van der Waals surface area contributed by atoms with Crippen molar-refractivity contribution in [2.24, 2.45) is 11.8 Å². The van der Waals surface area contributed by atoms with Crippen molar-refractivity contribution in [3.63, 3.8) is 0 Å². The molecule has 0 saturated carbocycles. The first-order valence-electron chi connectivity index (χ1n) is 6.06. The summed E-state index contributed by atoms with van der Waals surface area (Å²) in [7, 11) is 0. The van der Waals surface area contributed by atoms with Gasteiger partial charge in [0.15, 0.2) is 5.78 Å². The van der Waals surface area contributed by atoms with Crippen molar-refractivity contribution < 1.29 is 28.6 Å². The minimum absolute atomic E-state index is 0.114. The Hall–Kier alpha value is -1.43. The number of hydrogen-bond acceptors (Lipinski definition) is 6. The molecule has 1 rings (SSSR count). The molecular weight excluding hydrogens is 240 g/mol. The highest BCUT2D eigenvalue weighted by Crippen LogP contribution is 2.20. The zero-order chi connectivity index (χ0) is 13.5. The average Bonchev–Trinajstić information content (AvgIpc) is 2.83. The lowest BCUT2D eigenvalue weighted by Crippen LogP contribution is -2.38. The molecular formula is C12H18O6. The van der Waals surface area contributed by atoms with Crippen LogP contribution in [0.5, 0.6) is 0 Å². The monoisotopic (exact) mass is 258 g/mol. The summed E-state index contributed by atoms with van der Waals surface area (Å²) < 4.78 is 14.6. The lowest BCUT2D eigenvalue weighted by molar-refractivity contribution is -0.164. The summed E-state index contributed by atoms with van der Waals surface area (Å²) in [6.07, 6.45) is 0.522. The molecule has 1 atom stereocenters. The standard InChI is InChI=1S/C12H18O6/c1-3-17-11(14)9(12(15)18-4-2)10(13)8-5-6-16-7-8/h8-9H,3-7H2,1-2H3. The summed E-state index contributed by atoms with van der Waals surface area (Å²) in [6, 6.07) is 0. The van der Waals surface area contributed by atoms with E-state index in [0.717, 1.165) is 0 Å². The summed E-state index contributed by atoms with van der Waals surface area (Å²) in [4.78, 5) is 35.4. The van der Waals surface area contributed by atoms with Gasteiger partial charge in [0.25, 0.3) is 0 Å². The summed E-state index contributed by atoms with van der Waals surface area (Å²) in [6.45, 7) is 4.17. The van der Waals surface area contributed by atoms with Gasteiger partial charge < -0.3 is 14.2 Å². The Morgan fingerprint density at radius 2 is 1.72 bits per heavy atom. The van der Waals surface area contributed by atoms with Crippen LogP contribution in [0.15, 0.2) is 0 Å². The van der Waals surface area contributed by atoms with Gasteiger partial charge in [-0.05, 0) is 20.3 Å². The Morgan fingerprint density at radius 1 is 1.17 bits per heavy atom. The van der Waals surface area contributed by atoms with Gasteiger partial charge in [0.1, 0.15) is 0 Å². The van der Waals surface area contributed by atoms with Crippen LogP contribution in [-0.2, 0) is 28.6 Å². The van der Waals surface area contributed by atoms with Crippen LogP contribution in [0, 0.1) is 11.8 Å². The fourth-order valence-corrected chi connectivity index (χ4v) is 1.77. The predicted octanol–water partition coefficient (Wildman–Crippen LogP) is 0.334. The van der Waals surface area contributed by atoms with E-state index < -0.39 is 29.6 Å². The Morgan fingerprint density at radius 3 is 2.11 bits per heavy atom. The topological polar surface area (TPSA) is 78.9 Å². The van der Waals surface area contributed by atoms with Crippen LogP contribution in [0.3, 0.4) is 0 Å². The van der Waals surface area contributed by atoms with E-state index >= 15 is 0 Å². The van der Waals surface area contributed by atoms with Crippen molar-refractivity contribution in [1.82, 2.24) is 0 Å². The van der Waals surface area contributed by atoms with Gasteiger partial charge in [0, 0.05) is 12.5 Å². The number of hydrogen-bond donors (Lipinski definition) is 0. The van der Waals surface area contributed by atoms with Crippen molar-refractivity contribution in [3.05, 3.63) is 0 Å². The molecule has 0 radical (unpaired) electrons. The average molecular weight is 258 g/mol. The Kier molecular flexibility index (Phi) is 5.77. The molecule has 0 aromatic rings. The van der Waals surface area contributed by atoms with E-state index in [1.807, 2.05) is 0 Å². The normalized spacial score (nSPS) is 18.7. The minimum atomic E-state index is -1.48. The van der Waals surface area contributed by atoms with Crippen molar-refractivity contribution in [2.45, 2.75) is 20.3 Å². The van der Waals surface area contributed by atoms with Crippen molar-refractivity contribution in [3.8, 4) is 0 Å². The van der Waals surface area contributed by atoms with Crippen LogP contribution in [0.2, 0.25) is 0 Å². The van der Waals surface area contributed by atoms with E-state index in [2.05, 4.69) is 0 Å². The third-order valence-electron chi connectivity index (χ3n) is 2.66. The van der Waals surface area contributed by atoms with E-state index in [1.165, 1.54) is 0 Å². The van der Waals surface area contributed by atoms with Gasteiger partial charge in [-0.2, -0.15) is 0 Å². The number of ether oxygens (including phenoxy) is 3. The lowest BCUT2D eigenvalue weighted by Gasteiger charge is -2.15. The SMILES string of the molecule is CCOC(=O)C(C(=O)OCC)C(=O)C1CCOC1. The smallest absolute Gasteiger partial charge is 0.328 e. The zero-order valence-corrected chi connectivity index (χ0v) is 10.6. The first-order chi connectivity index (χ1) is 8.61. The molecule has 0 aromatic carbocycles. The Bertz CT molecular complexity index is 301. The van der Waals surface area contributed by atoms with E-state index in [4.69, 9.17) is 14.2 Å². The summed E-state index contributed by atoms with van der Waals surface area (Å²) in [5, 5.41) is 0. The van der Waals surface area contributed by atoms with Gasteiger partial charge in [-0.1, -0.05) is 0 Å². The highest BCUT2D eigenvalue weighted by atomic mass is 16.6. The van der Waals surface area contributed by atoms with Gasteiger partial charge in [-0.15, -0.1) is 0 Å². The van der Waals surface area contributed by atoms with Crippen LogP contribution >= 0.6 is 0 Å². The number of carbonyl (C=O) groups excluding carboxylic acids is 3. The van der Waals surface area contributed by atoms with Crippen LogP contribution in [-0.4, -0.2) is 44.1 Å². The van der Waals surface area contributed by atoms with Crippen LogP contribution < -0.4 is 0 Å². The van der Waals surface area contributed by atoms with Gasteiger partial charge in [-0.3, -0.25) is 14.4 Å². The quantitative estimate of drug-likeness (QED) is 0.505. The van der Waals surface area contributed by atoms with Crippen LogP contribution in [0.25, 0.3) is 0 Å². The second-order valence-electron chi connectivity index (χ2n) is 3.90. The molecule has 0 aromatic heterocycles. The number of carbonyl (C=O) groups is 3. The molecule has 0 amide bonds. The molecule has 18 heavy (non-hydrogen) atoms. The summed E-state index contributed by atoms with van der Waals surface area (Å²) in [5.41, 5.74) is 0. The fraction of sp³-hybridized carbons (Fsp3) is 0.750. The highest BCUT2D eigenvalue weighted by Gasteiger charge is 2.41. The number of esters is 2. The third-order valence-corrected chi connectivity index (χ3v) is 2.66. The van der Waals surface area contributed by atoms with Gasteiger partial charge in [-0.25, -0.2) is 0 Å². The maximum absolute atomic E-state index is 12.1. The molecule has 1 aliphatic rings. The van der Waals surface area contributed by atoms with E-state index in [-0.39, 0.29) is 19.8 Å². The number of Topliss-reactive ketones (excluding diaryl/α,β-unsaturated/α-hetero) is 1. The van der Waals surface area contributed by atoms with Crippen molar-refractivity contribution in [1.29, 1.82) is 0 Å². The largest absolute Gasteiger partial charge is 0.465 e. The molecule has 102 valence electrons. The van der Waals surface area contributed by atoms with E-state index in [1.54, 1.807) is 13.8 Å². The van der Waals surface area contributed by atoms with Crippen LogP contribution in [0.4, 0.5) is 0 Å². The molecule has 1 heterocycles. The van der Waals surface area contributed by atoms with E-state index in [9.17, 15) is 14.4 Å². The second kappa shape index (κ2) is 7.10. The number of ketones is 1. The summed E-state index contributed by atoms with van der Waals surface area (Å²) >= 11 is 0. The molecule has 1 aliphatic heterocycles. The Balaban J connectivity index is 2.78. The molecule has 1 fully saturated rings. The third kappa shape index (κ3) is 3.53. The maximum Gasteiger partial charge on any atom is 0.328 e. The summed E-state index contributed by atoms with van der Waals surface area (Å²) in [5.74, 6) is -4.05. The molecule has 1 saturated heterocycles. The van der Waals surface area contributed by atoms with E-state index in [0.29, 0.717) is 13.0 Å². The van der Waals surface area contributed by atoms with Gasteiger partial charge >= 0.3 is 11.9 Å². The second-order valence-corrected chi connectivity index (χ2v) is 3.90. The minimum Gasteiger partial charge on any atom is -0.465 e. The molecule has 0 spiro atoms. The van der Waals surface area contributed by atoms with Crippen molar-refractivity contribution in [2.75, 3.05) is 26.4 Å². The molecule has 0 N–H and O–H groups in total. The first kappa shape index (κ1) is 14.6. The van der Waals surface area contributed by atoms with Gasteiger partial charge in [0.05, 0.1) is 19.8 Å². The molecule has 6 nitrogen and oxygen atoms in total. The van der Waals surface area contributed by atoms with Gasteiger partial charge in [0.2, 0.25) is 5.92 Å². The highest BCUT2D eigenvalue weighted by molar-refractivity contribution is 6.15. The van der Waals surface area contributed by atoms with Crippen molar-refractivity contribution >= 4 is 17.7 Å². The molecule has 0 bridgehead atoms. The maximum atomic E-state index is 12.1. The first-order valence-corrected chi connectivity index (χ1v) is 6.06. The predicted molar refractivity (Wildman–Crippen MR) is 60.7 cm³/mol. The fourth-order valence-electron chi connectivity index (χ4n) is 1.77. The molecule has 6 heteroatoms. The number of rotatable bonds is 6. The lowest BCUT2D eigenvalue weighted by atomic mass is 9.92. The van der Waals surface area contributed by atoms with Crippen LogP contribution in [0.1, 0.15) is 20.3 Å². The Labute approximate surface area is 106 Å².